The summed E-state index contributed by atoms with van der Waals surface area (Å²) in [6, 6.07) is 5.96. The molecule has 5 unspecified atom stereocenters. The van der Waals surface area contributed by atoms with Crippen LogP contribution in [0.2, 0.25) is 0 Å². The third-order valence-electron chi connectivity index (χ3n) is 6.25. The zero-order valence-corrected chi connectivity index (χ0v) is 12.5. The lowest BCUT2D eigenvalue weighted by atomic mass is 9.79. The van der Waals surface area contributed by atoms with Crippen LogP contribution in [0, 0.1) is 30.6 Å². The van der Waals surface area contributed by atoms with Crippen molar-refractivity contribution in [2.75, 3.05) is 5.32 Å². The first-order valence-corrected chi connectivity index (χ1v) is 8.24. The number of fused-ring (bicyclic) bond motifs is 5. The van der Waals surface area contributed by atoms with Crippen LogP contribution in [-0.2, 0) is 0 Å². The SMILES string of the molecule is Cc1ccc(C(=O)O)cc1NC1CC2CC1C1CCCC21. The Labute approximate surface area is 125 Å². The van der Waals surface area contributed by atoms with Crippen molar-refractivity contribution in [3.05, 3.63) is 29.3 Å². The van der Waals surface area contributed by atoms with Crippen molar-refractivity contribution in [1.29, 1.82) is 0 Å². The molecule has 3 aliphatic carbocycles. The molecule has 3 saturated carbocycles. The largest absolute Gasteiger partial charge is 0.478 e. The van der Waals surface area contributed by atoms with Crippen molar-refractivity contribution >= 4 is 11.7 Å². The summed E-state index contributed by atoms with van der Waals surface area (Å²) in [7, 11) is 0. The van der Waals surface area contributed by atoms with Gasteiger partial charge in [-0.2, -0.15) is 0 Å². The Kier molecular flexibility index (Phi) is 2.98. The number of hydrogen-bond acceptors (Lipinski definition) is 2. The standard InChI is InChI=1S/C18H23NO2/c1-10-5-6-11(18(20)21)8-16(10)19-17-9-12-7-15(17)14-4-2-3-13(12)14/h5-6,8,12-15,17,19H,2-4,7,9H2,1H3,(H,20,21). The summed E-state index contributed by atoms with van der Waals surface area (Å²) in [5, 5.41) is 12.8. The fourth-order valence-electron chi connectivity index (χ4n) is 5.34. The highest BCUT2D eigenvalue weighted by Gasteiger charge is 2.53. The maximum absolute atomic E-state index is 11.2. The minimum atomic E-state index is -0.846. The molecule has 112 valence electrons. The molecule has 3 aliphatic rings. The highest BCUT2D eigenvalue weighted by atomic mass is 16.4. The second-order valence-corrected chi connectivity index (χ2v) is 7.24. The van der Waals surface area contributed by atoms with Gasteiger partial charge in [-0.1, -0.05) is 12.5 Å². The van der Waals surface area contributed by atoms with E-state index in [1.165, 1.54) is 32.1 Å². The van der Waals surface area contributed by atoms with Gasteiger partial charge in [0, 0.05) is 11.7 Å². The van der Waals surface area contributed by atoms with Crippen LogP contribution in [-0.4, -0.2) is 17.1 Å². The summed E-state index contributed by atoms with van der Waals surface area (Å²) in [5.74, 6) is 2.82. The average Bonchev–Trinajstić information content (AvgIpc) is 3.12. The van der Waals surface area contributed by atoms with Crippen LogP contribution in [0.15, 0.2) is 18.2 Å². The summed E-state index contributed by atoms with van der Waals surface area (Å²) in [5.41, 5.74) is 2.54. The lowest BCUT2D eigenvalue weighted by molar-refractivity contribution is 0.0697. The quantitative estimate of drug-likeness (QED) is 0.884. The van der Waals surface area contributed by atoms with E-state index >= 15 is 0 Å². The molecule has 0 aliphatic heterocycles. The van der Waals surface area contributed by atoms with Gasteiger partial charge < -0.3 is 10.4 Å². The molecular weight excluding hydrogens is 262 g/mol. The van der Waals surface area contributed by atoms with Crippen LogP contribution in [0.4, 0.5) is 5.69 Å². The van der Waals surface area contributed by atoms with Crippen LogP contribution in [0.3, 0.4) is 0 Å². The van der Waals surface area contributed by atoms with Gasteiger partial charge in [0.25, 0.3) is 0 Å². The first kappa shape index (κ1) is 13.2. The molecule has 0 spiro atoms. The minimum Gasteiger partial charge on any atom is -0.478 e. The van der Waals surface area contributed by atoms with Gasteiger partial charge in [-0.05, 0) is 74.0 Å². The molecule has 0 aromatic heterocycles. The number of nitrogens with one attached hydrogen (secondary N) is 1. The molecule has 0 heterocycles. The van der Waals surface area contributed by atoms with Crippen molar-refractivity contribution in [3.8, 4) is 0 Å². The lowest BCUT2D eigenvalue weighted by Gasteiger charge is -2.33. The number of carboxylic acid groups (broad SMARTS) is 1. The summed E-state index contributed by atoms with van der Waals surface area (Å²) >= 11 is 0. The van der Waals surface area contributed by atoms with Crippen molar-refractivity contribution in [2.24, 2.45) is 23.7 Å². The Morgan fingerprint density at radius 3 is 2.81 bits per heavy atom. The molecule has 0 radical (unpaired) electrons. The molecule has 2 N–H and O–H groups in total. The Morgan fingerprint density at radius 2 is 2.00 bits per heavy atom. The third kappa shape index (κ3) is 2.05. The molecule has 3 fully saturated rings. The van der Waals surface area contributed by atoms with E-state index in [9.17, 15) is 4.79 Å². The molecule has 3 heteroatoms. The number of carboxylic acids is 1. The predicted octanol–water partition coefficient (Wildman–Crippen LogP) is 3.93. The van der Waals surface area contributed by atoms with E-state index in [-0.39, 0.29) is 0 Å². The lowest BCUT2D eigenvalue weighted by Crippen LogP contribution is -2.34. The predicted molar refractivity (Wildman–Crippen MR) is 82.6 cm³/mol. The first-order chi connectivity index (χ1) is 10.1. The number of benzene rings is 1. The normalized spacial score (nSPS) is 36.7. The van der Waals surface area contributed by atoms with E-state index in [4.69, 9.17) is 5.11 Å². The molecular formula is C18H23NO2. The van der Waals surface area contributed by atoms with Crippen molar-refractivity contribution in [1.82, 2.24) is 0 Å². The van der Waals surface area contributed by atoms with Gasteiger partial charge in [-0.25, -0.2) is 4.79 Å². The fourth-order valence-corrected chi connectivity index (χ4v) is 5.34. The molecule has 5 atom stereocenters. The number of aromatic carboxylic acids is 1. The van der Waals surface area contributed by atoms with E-state index in [2.05, 4.69) is 12.2 Å². The average molecular weight is 285 g/mol. The van der Waals surface area contributed by atoms with Gasteiger partial charge in [0.1, 0.15) is 0 Å². The highest BCUT2D eigenvalue weighted by molar-refractivity contribution is 5.89. The van der Waals surface area contributed by atoms with Gasteiger partial charge in [0.05, 0.1) is 5.56 Å². The second kappa shape index (κ2) is 4.75. The third-order valence-corrected chi connectivity index (χ3v) is 6.25. The van der Waals surface area contributed by atoms with E-state index < -0.39 is 5.97 Å². The summed E-state index contributed by atoms with van der Waals surface area (Å²) in [4.78, 5) is 11.2. The summed E-state index contributed by atoms with van der Waals surface area (Å²) < 4.78 is 0. The Morgan fingerprint density at radius 1 is 1.19 bits per heavy atom. The van der Waals surface area contributed by atoms with Gasteiger partial charge in [0.2, 0.25) is 0 Å². The Hall–Kier alpha value is -1.51. The monoisotopic (exact) mass is 285 g/mol. The van der Waals surface area contributed by atoms with Crippen molar-refractivity contribution in [3.63, 3.8) is 0 Å². The number of anilines is 1. The van der Waals surface area contributed by atoms with E-state index in [0.717, 1.165) is 34.9 Å². The molecule has 2 bridgehead atoms. The van der Waals surface area contributed by atoms with Crippen LogP contribution < -0.4 is 5.32 Å². The summed E-state index contributed by atoms with van der Waals surface area (Å²) in [6.45, 7) is 2.06. The molecule has 0 amide bonds. The van der Waals surface area contributed by atoms with Gasteiger partial charge in [-0.15, -0.1) is 0 Å². The molecule has 1 aromatic carbocycles. The summed E-state index contributed by atoms with van der Waals surface area (Å²) in [6.07, 6.45) is 6.96. The highest BCUT2D eigenvalue weighted by Crippen LogP contribution is 2.59. The van der Waals surface area contributed by atoms with E-state index in [0.29, 0.717) is 11.6 Å². The Bertz CT molecular complexity index is 583. The van der Waals surface area contributed by atoms with E-state index in [1.807, 2.05) is 6.07 Å². The number of hydrogen-bond donors (Lipinski definition) is 2. The molecule has 21 heavy (non-hydrogen) atoms. The van der Waals surface area contributed by atoms with Gasteiger partial charge >= 0.3 is 5.97 Å². The minimum absolute atomic E-state index is 0.380. The van der Waals surface area contributed by atoms with E-state index in [1.54, 1.807) is 12.1 Å². The second-order valence-electron chi connectivity index (χ2n) is 7.24. The number of aryl methyl sites for hydroxylation is 1. The number of rotatable bonds is 3. The Balaban J connectivity index is 1.55. The smallest absolute Gasteiger partial charge is 0.335 e. The fraction of sp³-hybridized carbons (Fsp3) is 0.611. The van der Waals surface area contributed by atoms with Crippen LogP contribution in [0.1, 0.15) is 48.0 Å². The molecule has 4 rings (SSSR count). The number of carbonyl (C=O) groups is 1. The zero-order chi connectivity index (χ0) is 14.6. The zero-order valence-electron chi connectivity index (χ0n) is 12.5. The van der Waals surface area contributed by atoms with Gasteiger partial charge in [-0.3, -0.25) is 0 Å². The van der Waals surface area contributed by atoms with Crippen LogP contribution >= 0.6 is 0 Å². The molecule has 3 nitrogen and oxygen atoms in total. The topological polar surface area (TPSA) is 49.3 Å². The molecule has 0 saturated heterocycles. The van der Waals surface area contributed by atoms with Crippen LogP contribution in [0.5, 0.6) is 0 Å². The van der Waals surface area contributed by atoms with Crippen molar-refractivity contribution in [2.45, 2.75) is 45.1 Å². The van der Waals surface area contributed by atoms with Crippen LogP contribution in [0.25, 0.3) is 0 Å². The first-order valence-electron chi connectivity index (χ1n) is 8.24. The maximum Gasteiger partial charge on any atom is 0.335 e. The molecule has 1 aromatic rings. The van der Waals surface area contributed by atoms with Gasteiger partial charge in [0.15, 0.2) is 0 Å². The van der Waals surface area contributed by atoms with Crippen molar-refractivity contribution < 1.29 is 9.90 Å². The maximum atomic E-state index is 11.2.